The van der Waals surface area contributed by atoms with Crippen molar-refractivity contribution in [3.8, 4) is 0 Å². The van der Waals surface area contributed by atoms with Gasteiger partial charge in [-0.25, -0.2) is 4.98 Å². The predicted octanol–water partition coefficient (Wildman–Crippen LogP) is 2.26. The Hall–Kier alpha value is -2.99. The number of aliphatic hydroxyl groups excluding tert-OH is 1. The summed E-state index contributed by atoms with van der Waals surface area (Å²) in [4.78, 5) is 16.4. The molecule has 6 nitrogen and oxygen atoms in total. The highest BCUT2D eigenvalue weighted by molar-refractivity contribution is 5.77. The fourth-order valence-electron chi connectivity index (χ4n) is 2.66. The van der Waals surface area contributed by atoms with Crippen molar-refractivity contribution in [1.29, 1.82) is 0 Å². The van der Waals surface area contributed by atoms with E-state index < -0.39 is 6.10 Å². The molecule has 6 heteroatoms. The second-order valence-electron chi connectivity index (χ2n) is 5.78. The number of aromatic nitrogens is 3. The lowest BCUT2D eigenvalue weighted by atomic mass is 10.0. The quantitative estimate of drug-likeness (QED) is 0.693. The zero-order chi connectivity index (χ0) is 17.5. The first-order valence-electron chi connectivity index (χ1n) is 8.12. The molecule has 0 aliphatic heterocycles. The van der Waals surface area contributed by atoms with Crippen LogP contribution in [-0.2, 0) is 11.3 Å². The van der Waals surface area contributed by atoms with E-state index >= 15 is 0 Å². The molecule has 25 heavy (non-hydrogen) atoms. The van der Waals surface area contributed by atoms with E-state index in [0.29, 0.717) is 6.54 Å². The van der Waals surface area contributed by atoms with Crippen LogP contribution in [0.2, 0.25) is 0 Å². The van der Waals surface area contributed by atoms with Crippen molar-refractivity contribution in [1.82, 2.24) is 20.1 Å². The third kappa shape index (κ3) is 4.74. The summed E-state index contributed by atoms with van der Waals surface area (Å²) < 4.78 is 1.67. The zero-order valence-corrected chi connectivity index (χ0v) is 13.7. The fraction of sp³-hybridized carbons (Fsp3) is 0.211. The molecule has 0 aliphatic carbocycles. The molecular weight excluding hydrogens is 316 g/mol. The summed E-state index contributed by atoms with van der Waals surface area (Å²) in [6, 6.07) is 18.6. The van der Waals surface area contributed by atoms with Crippen molar-refractivity contribution in [2.75, 3.05) is 0 Å². The standard InChI is InChI=1S/C19H20N4O2/c24-18(16-9-5-2-6-10-16)11-19(25)22-17(12-23-14-20-13-21-23)15-7-3-1-4-8-15/h1-10,13-14,17-18,24H,11-12H2,(H,22,25). The van der Waals surface area contributed by atoms with Crippen LogP contribution in [0.5, 0.6) is 0 Å². The maximum atomic E-state index is 12.4. The molecule has 1 aromatic heterocycles. The average molecular weight is 336 g/mol. The summed E-state index contributed by atoms with van der Waals surface area (Å²) in [5, 5.41) is 17.3. The molecule has 0 saturated carbocycles. The van der Waals surface area contributed by atoms with Gasteiger partial charge in [0.2, 0.25) is 5.91 Å². The van der Waals surface area contributed by atoms with E-state index in [2.05, 4.69) is 15.4 Å². The van der Waals surface area contributed by atoms with Gasteiger partial charge in [0.25, 0.3) is 0 Å². The van der Waals surface area contributed by atoms with Crippen molar-refractivity contribution < 1.29 is 9.90 Å². The third-order valence-electron chi connectivity index (χ3n) is 3.94. The number of rotatable bonds is 7. The number of hydrogen-bond acceptors (Lipinski definition) is 4. The Bertz CT molecular complexity index is 776. The van der Waals surface area contributed by atoms with Gasteiger partial charge in [0.05, 0.1) is 25.1 Å². The largest absolute Gasteiger partial charge is 0.388 e. The summed E-state index contributed by atoms with van der Waals surface area (Å²) in [6.07, 6.45) is 2.25. The molecule has 2 aromatic carbocycles. The van der Waals surface area contributed by atoms with Crippen molar-refractivity contribution in [2.24, 2.45) is 0 Å². The minimum atomic E-state index is -0.830. The maximum absolute atomic E-state index is 12.4. The molecule has 2 N–H and O–H groups in total. The Kier molecular flexibility index (Phi) is 5.53. The number of hydrogen-bond donors (Lipinski definition) is 2. The van der Waals surface area contributed by atoms with Gasteiger partial charge in [-0.15, -0.1) is 0 Å². The van der Waals surface area contributed by atoms with Gasteiger partial charge >= 0.3 is 0 Å². The molecule has 0 spiro atoms. The normalized spacial score (nSPS) is 13.2. The van der Waals surface area contributed by atoms with Crippen molar-refractivity contribution >= 4 is 5.91 Å². The molecule has 2 unspecified atom stereocenters. The Morgan fingerprint density at radius 3 is 2.28 bits per heavy atom. The van der Waals surface area contributed by atoms with Gasteiger partial charge in [0, 0.05) is 0 Å². The Labute approximate surface area is 146 Å². The van der Waals surface area contributed by atoms with Gasteiger partial charge < -0.3 is 10.4 Å². The highest BCUT2D eigenvalue weighted by Crippen LogP contribution is 2.18. The number of nitrogens with one attached hydrogen (secondary N) is 1. The van der Waals surface area contributed by atoms with E-state index in [-0.39, 0.29) is 18.4 Å². The van der Waals surface area contributed by atoms with Crippen LogP contribution in [0.4, 0.5) is 0 Å². The van der Waals surface area contributed by atoms with E-state index in [0.717, 1.165) is 11.1 Å². The van der Waals surface area contributed by atoms with E-state index in [1.807, 2.05) is 60.7 Å². The monoisotopic (exact) mass is 336 g/mol. The van der Waals surface area contributed by atoms with Gasteiger partial charge in [0.15, 0.2) is 0 Å². The number of carbonyl (C=O) groups is 1. The van der Waals surface area contributed by atoms with Crippen LogP contribution < -0.4 is 5.32 Å². The first-order chi connectivity index (χ1) is 12.2. The van der Waals surface area contributed by atoms with Gasteiger partial charge in [-0.2, -0.15) is 5.10 Å². The molecular formula is C19H20N4O2. The second kappa shape index (κ2) is 8.21. The maximum Gasteiger partial charge on any atom is 0.223 e. The minimum absolute atomic E-state index is 0.00467. The Morgan fingerprint density at radius 2 is 1.68 bits per heavy atom. The predicted molar refractivity (Wildman–Crippen MR) is 93.4 cm³/mol. The minimum Gasteiger partial charge on any atom is -0.388 e. The number of benzene rings is 2. The highest BCUT2D eigenvalue weighted by Gasteiger charge is 2.18. The summed E-state index contributed by atoms with van der Waals surface area (Å²) in [6.45, 7) is 0.469. The molecule has 0 fully saturated rings. The van der Waals surface area contributed by atoms with E-state index in [9.17, 15) is 9.90 Å². The number of aliphatic hydroxyl groups is 1. The zero-order valence-electron chi connectivity index (χ0n) is 13.7. The topological polar surface area (TPSA) is 80.0 Å². The van der Waals surface area contributed by atoms with E-state index in [4.69, 9.17) is 0 Å². The smallest absolute Gasteiger partial charge is 0.223 e. The van der Waals surface area contributed by atoms with Crippen LogP contribution >= 0.6 is 0 Å². The van der Waals surface area contributed by atoms with Crippen LogP contribution in [0, 0.1) is 0 Å². The summed E-state index contributed by atoms with van der Waals surface area (Å²) in [5.41, 5.74) is 1.70. The fourth-order valence-corrected chi connectivity index (χ4v) is 2.66. The molecule has 0 radical (unpaired) electrons. The molecule has 0 saturated heterocycles. The second-order valence-corrected chi connectivity index (χ2v) is 5.78. The third-order valence-corrected chi connectivity index (χ3v) is 3.94. The van der Waals surface area contributed by atoms with Crippen molar-refractivity contribution in [3.63, 3.8) is 0 Å². The molecule has 0 bridgehead atoms. The van der Waals surface area contributed by atoms with Gasteiger partial charge in [-0.1, -0.05) is 60.7 Å². The van der Waals surface area contributed by atoms with Crippen LogP contribution in [0.1, 0.15) is 29.7 Å². The average Bonchev–Trinajstić information content (AvgIpc) is 3.16. The molecule has 3 aromatic rings. The van der Waals surface area contributed by atoms with Gasteiger partial charge in [0.1, 0.15) is 12.7 Å². The molecule has 128 valence electrons. The van der Waals surface area contributed by atoms with Crippen molar-refractivity contribution in [2.45, 2.75) is 25.1 Å². The SMILES string of the molecule is O=C(CC(O)c1ccccc1)NC(Cn1cncn1)c1ccccc1. The number of amides is 1. The van der Waals surface area contributed by atoms with Crippen LogP contribution in [0.25, 0.3) is 0 Å². The van der Waals surface area contributed by atoms with Gasteiger partial charge in [-0.3, -0.25) is 9.48 Å². The Balaban J connectivity index is 1.68. The summed E-state index contributed by atoms with van der Waals surface area (Å²) in [7, 11) is 0. The lowest BCUT2D eigenvalue weighted by molar-refractivity contribution is -0.124. The van der Waals surface area contributed by atoms with Crippen molar-refractivity contribution in [3.05, 3.63) is 84.4 Å². The van der Waals surface area contributed by atoms with E-state index in [1.165, 1.54) is 6.33 Å². The lowest BCUT2D eigenvalue weighted by Gasteiger charge is -2.20. The van der Waals surface area contributed by atoms with Crippen LogP contribution in [0.3, 0.4) is 0 Å². The van der Waals surface area contributed by atoms with Gasteiger partial charge in [-0.05, 0) is 11.1 Å². The molecule has 0 aliphatic rings. The first-order valence-corrected chi connectivity index (χ1v) is 8.12. The highest BCUT2D eigenvalue weighted by atomic mass is 16.3. The lowest BCUT2D eigenvalue weighted by Crippen LogP contribution is -2.32. The van der Waals surface area contributed by atoms with Crippen LogP contribution in [-0.4, -0.2) is 25.8 Å². The Morgan fingerprint density at radius 1 is 1.04 bits per heavy atom. The molecule has 1 amide bonds. The molecule has 1 heterocycles. The molecule has 2 atom stereocenters. The summed E-state index contributed by atoms with van der Waals surface area (Å²) in [5.74, 6) is -0.217. The van der Waals surface area contributed by atoms with Crippen LogP contribution in [0.15, 0.2) is 73.3 Å². The first kappa shape index (κ1) is 16.9. The summed E-state index contributed by atoms with van der Waals surface area (Å²) >= 11 is 0. The van der Waals surface area contributed by atoms with E-state index in [1.54, 1.807) is 11.0 Å². The molecule has 3 rings (SSSR count). The number of carbonyl (C=O) groups excluding carboxylic acids is 1. The number of nitrogens with zero attached hydrogens (tertiary/aromatic N) is 3.